The summed E-state index contributed by atoms with van der Waals surface area (Å²) in [5, 5.41) is 0. The van der Waals surface area contributed by atoms with E-state index in [0.29, 0.717) is 23.8 Å². The van der Waals surface area contributed by atoms with Gasteiger partial charge >= 0.3 is 0 Å². The third-order valence-corrected chi connectivity index (χ3v) is 1.64. The lowest BCUT2D eigenvalue weighted by molar-refractivity contribution is 0.101. The highest BCUT2D eigenvalue weighted by molar-refractivity contribution is 5.92. The van der Waals surface area contributed by atoms with E-state index < -0.39 is 0 Å². The lowest BCUT2D eigenvalue weighted by atomic mass is 10.3. The standard InChI is InChI=1S/C9H12N2O2/c1-4-8-10-7(6(2)12)5-9(11-8)13-3/h5H,4H2,1-3H3. The fourth-order valence-electron chi connectivity index (χ4n) is 0.916. The van der Waals surface area contributed by atoms with Crippen LogP contribution in [0.2, 0.25) is 0 Å². The molecule has 1 aromatic rings. The van der Waals surface area contributed by atoms with E-state index in [-0.39, 0.29) is 5.78 Å². The number of aryl methyl sites for hydroxylation is 1. The summed E-state index contributed by atoms with van der Waals surface area (Å²) in [6, 6.07) is 1.54. The third kappa shape index (κ3) is 2.24. The molecular formula is C9H12N2O2. The quantitative estimate of drug-likeness (QED) is 0.657. The van der Waals surface area contributed by atoms with Crippen molar-refractivity contribution < 1.29 is 9.53 Å². The minimum absolute atomic E-state index is 0.0737. The monoisotopic (exact) mass is 180 g/mol. The van der Waals surface area contributed by atoms with Gasteiger partial charge in [0.25, 0.3) is 0 Å². The number of nitrogens with zero attached hydrogens (tertiary/aromatic N) is 2. The van der Waals surface area contributed by atoms with E-state index in [4.69, 9.17) is 4.74 Å². The molecule has 0 aliphatic carbocycles. The first-order valence-corrected chi connectivity index (χ1v) is 4.10. The van der Waals surface area contributed by atoms with Gasteiger partial charge < -0.3 is 4.74 Å². The van der Waals surface area contributed by atoms with Gasteiger partial charge in [-0.2, -0.15) is 4.98 Å². The molecule has 13 heavy (non-hydrogen) atoms. The molecule has 0 unspecified atom stereocenters. The predicted octanol–water partition coefficient (Wildman–Crippen LogP) is 1.25. The number of rotatable bonds is 3. The number of methoxy groups -OCH3 is 1. The van der Waals surface area contributed by atoms with Crippen molar-refractivity contribution in [3.8, 4) is 5.88 Å². The number of ketones is 1. The first-order valence-electron chi connectivity index (χ1n) is 4.10. The summed E-state index contributed by atoms with van der Waals surface area (Å²) in [5.41, 5.74) is 0.406. The molecule has 0 amide bonds. The van der Waals surface area contributed by atoms with Crippen LogP contribution in [0.1, 0.15) is 30.2 Å². The van der Waals surface area contributed by atoms with Crippen LogP contribution in [0.3, 0.4) is 0 Å². The molecule has 0 aliphatic rings. The summed E-state index contributed by atoms with van der Waals surface area (Å²) in [7, 11) is 1.52. The number of aromatic nitrogens is 2. The minimum Gasteiger partial charge on any atom is -0.481 e. The second-order valence-corrected chi connectivity index (χ2v) is 2.62. The summed E-state index contributed by atoms with van der Waals surface area (Å²) in [4.78, 5) is 19.2. The van der Waals surface area contributed by atoms with Gasteiger partial charge in [0, 0.05) is 19.4 Å². The Hall–Kier alpha value is -1.45. The van der Waals surface area contributed by atoms with E-state index in [1.165, 1.54) is 14.0 Å². The van der Waals surface area contributed by atoms with Crippen molar-refractivity contribution in [1.29, 1.82) is 0 Å². The second-order valence-electron chi connectivity index (χ2n) is 2.62. The topological polar surface area (TPSA) is 52.1 Å². The summed E-state index contributed by atoms with van der Waals surface area (Å²) in [6.07, 6.45) is 0.692. The highest BCUT2D eigenvalue weighted by Gasteiger charge is 2.06. The van der Waals surface area contributed by atoms with Gasteiger partial charge in [0.05, 0.1) is 7.11 Å². The summed E-state index contributed by atoms with van der Waals surface area (Å²) in [5.74, 6) is 0.997. The Morgan fingerprint density at radius 1 is 1.54 bits per heavy atom. The van der Waals surface area contributed by atoms with Gasteiger partial charge in [-0.1, -0.05) is 6.92 Å². The van der Waals surface area contributed by atoms with E-state index in [0.717, 1.165) is 0 Å². The molecule has 70 valence electrons. The number of carbonyl (C=O) groups is 1. The van der Waals surface area contributed by atoms with E-state index >= 15 is 0 Å². The van der Waals surface area contributed by atoms with Crippen molar-refractivity contribution >= 4 is 5.78 Å². The maximum atomic E-state index is 11.0. The fraction of sp³-hybridized carbons (Fsp3) is 0.444. The smallest absolute Gasteiger partial charge is 0.217 e. The molecule has 0 fully saturated rings. The van der Waals surface area contributed by atoms with Crippen LogP contribution in [0, 0.1) is 0 Å². The number of Topliss-reactive ketones (excluding diaryl/α,β-unsaturated/α-hetero) is 1. The van der Waals surface area contributed by atoms with Crippen molar-refractivity contribution in [1.82, 2.24) is 9.97 Å². The first kappa shape index (κ1) is 9.64. The van der Waals surface area contributed by atoms with Crippen LogP contribution in [-0.4, -0.2) is 22.9 Å². The lowest BCUT2D eigenvalue weighted by Gasteiger charge is -2.03. The van der Waals surface area contributed by atoms with Crippen LogP contribution in [0.5, 0.6) is 5.88 Å². The van der Waals surface area contributed by atoms with Gasteiger partial charge in [-0.05, 0) is 0 Å². The molecule has 0 bridgehead atoms. The van der Waals surface area contributed by atoms with E-state index in [1.807, 2.05) is 6.92 Å². The Morgan fingerprint density at radius 3 is 2.69 bits per heavy atom. The molecule has 0 radical (unpaired) electrons. The first-order chi connectivity index (χ1) is 6.17. The van der Waals surface area contributed by atoms with Gasteiger partial charge in [0.1, 0.15) is 11.5 Å². The molecule has 4 heteroatoms. The summed E-state index contributed by atoms with van der Waals surface area (Å²) < 4.78 is 4.94. The molecule has 0 saturated heterocycles. The molecule has 0 aliphatic heterocycles. The van der Waals surface area contributed by atoms with Gasteiger partial charge in [-0.15, -0.1) is 0 Å². The van der Waals surface area contributed by atoms with Crippen molar-refractivity contribution in [2.24, 2.45) is 0 Å². The number of ether oxygens (including phenoxy) is 1. The summed E-state index contributed by atoms with van der Waals surface area (Å²) >= 11 is 0. The molecule has 1 rings (SSSR count). The van der Waals surface area contributed by atoms with Gasteiger partial charge in [-0.3, -0.25) is 4.79 Å². The molecule has 0 spiro atoms. The van der Waals surface area contributed by atoms with Crippen LogP contribution < -0.4 is 4.74 Å². The highest BCUT2D eigenvalue weighted by atomic mass is 16.5. The van der Waals surface area contributed by atoms with Crippen LogP contribution in [0.15, 0.2) is 6.07 Å². The van der Waals surface area contributed by atoms with Gasteiger partial charge in [-0.25, -0.2) is 4.98 Å². The van der Waals surface area contributed by atoms with Crippen LogP contribution in [0.4, 0.5) is 0 Å². The predicted molar refractivity (Wildman–Crippen MR) is 48.0 cm³/mol. The molecule has 0 saturated carbocycles. The summed E-state index contributed by atoms with van der Waals surface area (Å²) in [6.45, 7) is 3.40. The maximum Gasteiger partial charge on any atom is 0.217 e. The minimum atomic E-state index is -0.0737. The zero-order chi connectivity index (χ0) is 9.84. The molecular weight excluding hydrogens is 168 g/mol. The largest absolute Gasteiger partial charge is 0.481 e. The number of hydrogen-bond donors (Lipinski definition) is 0. The molecule has 0 atom stereocenters. The van der Waals surface area contributed by atoms with Crippen molar-refractivity contribution in [3.05, 3.63) is 17.6 Å². The Bertz CT molecular complexity index is 301. The maximum absolute atomic E-state index is 11.0. The van der Waals surface area contributed by atoms with E-state index in [9.17, 15) is 4.79 Å². The normalized spacial score (nSPS) is 9.77. The Morgan fingerprint density at radius 2 is 2.23 bits per heavy atom. The third-order valence-electron chi connectivity index (χ3n) is 1.64. The average molecular weight is 180 g/mol. The van der Waals surface area contributed by atoms with Crippen molar-refractivity contribution in [2.45, 2.75) is 20.3 Å². The van der Waals surface area contributed by atoms with Crippen molar-refractivity contribution in [2.75, 3.05) is 7.11 Å². The number of hydrogen-bond acceptors (Lipinski definition) is 4. The fourth-order valence-corrected chi connectivity index (χ4v) is 0.916. The van der Waals surface area contributed by atoms with E-state index in [2.05, 4.69) is 9.97 Å². The number of carbonyl (C=O) groups excluding carboxylic acids is 1. The van der Waals surface area contributed by atoms with Crippen LogP contribution >= 0.6 is 0 Å². The average Bonchev–Trinajstić information content (AvgIpc) is 2.16. The SMILES string of the molecule is CCc1nc(OC)cc(C(C)=O)n1. The zero-order valence-corrected chi connectivity index (χ0v) is 8.00. The van der Waals surface area contributed by atoms with Gasteiger partial charge in [0.2, 0.25) is 5.88 Å². The Kier molecular flexibility index (Phi) is 2.95. The van der Waals surface area contributed by atoms with E-state index in [1.54, 1.807) is 6.07 Å². The molecule has 1 aromatic heterocycles. The van der Waals surface area contributed by atoms with Crippen molar-refractivity contribution in [3.63, 3.8) is 0 Å². The zero-order valence-electron chi connectivity index (χ0n) is 8.00. The van der Waals surface area contributed by atoms with Gasteiger partial charge in [0.15, 0.2) is 5.78 Å². The van der Waals surface area contributed by atoms with Crippen LogP contribution in [0.25, 0.3) is 0 Å². The Balaban J connectivity index is 3.14. The highest BCUT2D eigenvalue weighted by Crippen LogP contribution is 2.09. The molecule has 0 N–H and O–H groups in total. The molecule has 0 aromatic carbocycles. The second kappa shape index (κ2) is 3.98. The lowest BCUT2D eigenvalue weighted by Crippen LogP contribution is -2.04. The molecule has 1 heterocycles. The molecule has 4 nitrogen and oxygen atoms in total. The Labute approximate surface area is 77.0 Å². The van der Waals surface area contributed by atoms with Crippen LogP contribution in [-0.2, 0) is 6.42 Å².